The Morgan fingerprint density at radius 1 is 0.338 bits per heavy atom. The fraction of sp³-hybridized carbons (Fsp3) is 0.814. The molecule has 0 radical (unpaired) electrons. The van der Waals surface area contributed by atoms with Crippen molar-refractivity contribution in [2.45, 2.75) is 297 Å². The molecule has 0 rings (SSSR count). The number of esters is 3. The normalized spacial score (nSPS) is 12.4. The van der Waals surface area contributed by atoms with Gasteiger partial charge in [0.1, 0.15) is 13.2 Å². The van der Waals surface area contributed by atoms with Gasteiger partial charge < -0.3 is 14.2 Å². The fourth-order valence-corrected chi connectivity index (χ4v) is 8.12. The smallest absolute Gasteiger partial charge is 0.306 e. The lowest BCUT2D eigenvalue weighted by molar-refractivity contribution is -0.167. The van der Waals surface area contributed by atoms with Crippen molar-refractivity contribution in [3.63, 3.8) is 0 Å². The van der Waals surface area contributed by atoms with Crippen LogP contribution in [0.2, 0.25) is 0 Å². The Balaban J connectivity index is 4.33. The van der Waals surface area contributed by atoms with Crippen LogP contribution in [0, 0.1) is 0 Å². The van der Waals surface area contributed by atoms with Gasteiger partial charge in [0, 0.05) is 19.3 Å². The van der Waals surface area contributed by atoms with Crippen molar-refractivity contribution in [1.29, 1.82) is 0 Å². The summed E-state index contributed by atoms with van der Waals surface area (Å²) in [7, 11) is 0. The Labute approximate surface area is 403 Å². The van der Waals surface area contributed by atoms with E-state index in [-0.39, 0.29) is 31.1 Å². The van der Waals surface area contributed by atoms with E-state index < -0.39 is 6.10 Å². The first-order valence-electron chi connectivity index (χ1n) is 28.2. The van der Waals surface area contributed by atoms with Crippen molar-refractivity contribution in [2.75, 3.05) is 13.2 Å². The Bertz CT molecular complexity index is 1140. The first-order chi connectivity index (χ1) is 32.0. The van der Waals surface area contributed by atoms with Gasteiger partial charge >= 0.3 is 17.9 Å². The predicted octanol–water partition coefficient (Wildman–Crippen LogP) is 18.7. The number of hydrogen-bond acceptors (Lipinski definition) is 6. The molecule has 0 fully saturated rings. The highest BCUT2D eigenvalue weighted by molar-refractivity contribution is 5.71. The van der Waals surface area contributed by atoms with Crippen LogP contribution in [0.1, 0.15) is 290 Å². The molecule has 0 aliphatic carbocycles. The van der Waals surface area contributed by atoms with E-state index in [1.165, 1.54) is 167 Å². The third kappa shape index (κ3) is 52.2. The first-order valence-corrected chi connectivity index (χ1v) is 28.2. The molecule has 0 saturated heterocycles. The largest absolute Gasteiger partial charge is 0.462 e. The van der Waals surface area contributed by atoms with Gasteiger partial charge in [-0.25, -0.2) is 0 Å². The maximum Gasteiger partial charge on any atom is 0.306 e. The molecule has 0 saturated carbocycles. The zero-order valence-electron chi connectivity index (χ0n) is 43.3. The quantitative estimate of drug-likeness (QED) is 0.0199. The molecule has 0 aromatic heterocycles. The molecule has 0 aromatic carbocycles. The molecule has 378 valence electrons. The Morgan fingerprint density at radius 3 is 1.05 bits per heavy atom. The minimum Gasteiger partial charge on any atom is -0.462 e. The van der Waals surface area contributed by atoms with Crippen LogP contribution >= 0.6 is 0 Å². The van der Waals surface area contributed by atoms with Crippen LogP contribution in [0.15, 0.2) is 48.6 Å². The molecular formula is C59H106O6. The number of allylic oxidation sites excluding steroid dienone is 8. The van der Waals surface area contributed by atoms with E-state index >= 15 is 0 Å². The summed E-state index contributed by atoms with van der Waals surface area (Å²) in [6.45, 7) is 6.52. The lowest BCUT2D eigenvalue weighted by Gasteiger charge is -2.18. The predicted molar refractivity (Wildman–Crippen MR) is 279 cm³/mol. The summed E-state index contributed by atoms with van der Waals surface area (Å²) >= 11 is 0. The highest BCUT2D eigenvalue weighted by atomic mass is 16.6. The molecule has 0 aliphatic heterocycles. The number of carbonyl (C=O) groups is 3. The van der Waals surface area contributed by atoms with E-state index in [2.05, 4.69) is 69.4 Å². The third-order valence-corrected chi connectivity index (χ3v) is 12.3. The van der Waals surface area contributed by atoms with Gasteiger partial charge in [0.2, 0.25) is 0 Å². The molecule has 65 heavy (non-hydrogen) atoms. The second-order valence-corrected chi connectivity index (χ2v) is 18.9. The van der Waals surface area contributed by atoms with Crippen LogP contribution in [-0.4, -0.2) is 37.2 Å². The molecule has 0 aromatic rings. The average Bonchev–Trinajstić information content (AvgIpc) is 3.30. The summed E-state index contributed by atoms with van der Waals surface area (Å²) in [5, 5.41) is 0. The maximum absolute atomic E-state index is 12.8. The highest BCUT2D eigenvalue weighted by Gasteiger charge is 2.19. The third-order valence-electron chi connectivity index (χ3n) is 12.3. The van der Waals surface area contributed by atoms with Crippen molar-refractivity contribution in [3.8, 4) is 0 Å². The van der Waals surface area contributed by atoms with Crippen LogP contribution in [0.5, 0.6) is 0 Å². The van der Waals surface area contributed by atoms with E-state index in [0.717, 1.165) is 83.5 Å². The summed E-state index contributed by atoms with van der Waals surface area (Å²) in [6.07, 6.45) is 65.3. The van der Waals surface area contributed by atoms with Crippen molar-refractivity contribution in [2.24, 2.45) is 0 Å². The van der Waals surface area contributed by atoms with E-state index in [1.54, 1.807) is 0 Å². The van der Waals surface area contributed by atoms with E-state index in [0.29, 0.717) is 19.3 Å². The van der Waals surface area contributed by atoms with Crippen LogP contribution in [0.25, 0.3) is 0 Å². The minimum atomic E-state index is -0.777. The summed E-state index contributed by atoms with van der Waals surface area (Å²) in [4.78, 5) is 38.1. The molecule has 0 aliphatic rings. The van der Waals surface area contributed by atoms with E-state index in [9.17, 15) is 14.4 Å². The second-order valence-electron chi connectivity index (χ2n) is 18.9. The lowest BCUT2D eigenvalue weighted by Crippen LogP contribution is -2.30. The standard InChI is InChI=1S/C59H106O6/c1-4-7-10-13-16-19-22-25-27-29-30-31-33-34-37-40-43-46-49-52-58(61)64-55-56(54-63-57(60)51-48-45-42-39-36-24-21-18-15-12-9-6-3)65-59(62)53-50-47-44-41-38-35-32-28-26-23-20-17-14-11-8-5-2/h9,12,16,18-19,21-22,25,56H,4-8,10-11,13-15,17,20,23-24,26-55H2,1-3H3/b12-9-,19-16-,21-18-,25-22-. The molecule has 0 N–H and O–H groups in total. The Kier molecular flexibility index (Phi) is 51.8. The van der Waals surface area contributed by atoms with Crippen molar-refractivity contribution in [1.82, 2.24) is 0 Å². The topological polar surface area (TPSA) is 78.9 Å². The average molecular weight is 911 g/mol. The first kappa shape index (κ1) is 62.4. The van der Waals surface area contributed by atoms with Crippen LogP contribution < -0.4 is 0 Å². The molecule has 1 atom stereocenters. The summed E-state index contributed by atoms with van der Waals surface area (Å²) in [5.74, 6) is -0.882. The van der Waals surface area contributed by atoms with Gasteiger partial charge in [-0.05, 0) is 70.6 Å². The monoisotopic (exact) mass is 911 g/mol. The summed E-state index contributed by atoms with van der Waals surface area (Å²) in [6, 6.07) is 0. The minimum absolute atomic E-state index is 0.0768. The van der Waals surface area contributed by atoms with Crippen molar-refractivity contribution >= 4 is 17.9 Å². The zero-order chi connectivity index (χ0) is 47.2. The van der Waals surface area contributed by atoms with Gasteiger partial charge in [-0.3, -0.25) is 14.4 Å². The lowest BCUT2D eigenvalue weighted by atomic mass is 10.0. The second kappa shape index (κ2) is 54.0. The number of hydrogen-bond donors (Lipinski definition) is 0. The summed E-state index contributed by atoms with van der Waals surface area (Å²) < 4.78 is 16.8. The molecule has 1 unspecified atom stereocenters. The van der Waals surface area contributed by atoms with Gasteiger partial charge in [0.15, 0.2) is 6.10 Å². The summed E-state index contributed by atoms with van der Waals surface area (Å²) in [5.41, 5.74) is 0. The number of carbonyl (C=O) groups excluding carboxylic acids is 3. The maximum atomic E-state index is 12.8. The number of unbranched alkanes of at least 4 members (excludes halogenated alkanes) is 33. The molecule has 0 heterocycles. The van der Waals surface area contributed by atoms with Crippen LogP contribution in [0.4, 0.5) is 0 Å². The number of ether oxygens (including phenoxy) is 3. The molecule has 0 amide bonds. The fourth-order valence-electron chi connectivity index (χ4n) is 8.12. The van der Waals surface area contributed by atoms with E-state index in [4.69, 9.17) is 14.2 Å². The van der Waals surface area contributed by atoms with Gasteiger partial charge in [-0.15, -0.1) is 0 Å². The zero-order valence-corrected chi connectivity index (χ0v) is 43.3. The van der Waals surface area contributed by atoms with Gasteiger partial charge in [-0.2, -0.15) is 0 Å². The molecule has 6 heteroatoms. The highest BCUT2D eigenvalue weighted by Crippen LogP contribution is 2.16. The van der Waals surface area contributed by atoms with Gasteiger partial charge in [0.05, 0.1) is 0 Å². The molecule has 0 bridgehead atoms. The van der Waals surface area contributed by atoms with Crippen LogP contribution in [0.3, 0.4) is 0 Å². The molecule has 6 nitrogen and oxygen atoms in total. The molecular weight excluding hydrogens is 805 g/mol. The Hall–Kier alpha value is -2.63. The van der Waals surface area contributed by atoms with Gasteiger partial charge in [0.25, 0.3) is 0 Å². The van der Waals surface area contributed by atoms with Crippen molar-refractivity contribution < 1.29 is 28.6 Å². The van der Waals surface area contributed by atoms with Crippen molar-refractivity contribution in [3.05, 3.63) is 48.6 Å². The molecule has 0 spiro atoms. The van der Waals surface area contributed by atoms with Crippen LogP contribution in [-0.2, 0) is 28.6 Å². The number of rotatable bonds is 51. The van der Waals surface area contributed by atoms with Gasteiger partial charge in [-0.1, -0.05) is 249 Å². The van der Waals surface area contributed by atoms with E-state index in [1.807, 2.05) is 0 Å². The Morgan fingerprint density at radius 2 is 0.646 bits per heavy atom. The SMILES string of the molecule is CC/C=C\C/C=C\CCCCCCCC(=O)OCC(COC(=O)CCCCCCCCCCCC/C=C\C=C/CCCCC)OC(=O)CCCCCCCCCCCCCCCCCC.